The van der Waals surface area contributed by atoms with Crippen LogP contribution in [0.2, 0.25) is 0 Å². The summed E-state index contributed by atoms with van der Waals surface area (Å²) in [5, 5.41) is 3.16. The lowest BCUT2D eigenvalue weighted by Gasteiger charge is -2.25. The predicted octanol–water partition coefficient (Wildman–Crippen LogP) is 2.99. The second kappa shape index (κ2) is 7.17. The Hall–Kier alpha value is -0.710. The summed E-state index contributed by atoms with van der Waals surface area (Å²) in [7, 11) is 1.93. The lowest BCUT2D eigenvalue weighted by Crippen LogP contribution is -2.28. The minimum atomic E-state index is -0.445. The molecule has 2 atom stereocenters. The Morgan fingerprint density at radius 1 is 1.37 bits per heavy atom. The Labute approximate surface area is 119 Å². The molecule has 0 aromatic heterocycles. The van der Waals surface area contributed by atoms with Crippen LogP contribution in [0.25, 0.3) is 0 Å². The molecule has 1 aromatic carbocycles. The van der Waals surface area contributed by atoms with Crippen molar-refractivity contribution in [1.29, 1.82) is 0 Å². The Morgan fingerprint density at radius 2 is 2.00 bits per heavy atom. The molecule has 1 fully saturated rings. The van der Waals surface area contributed by atoms with Gasteiger partial charge in [0, 0.05) is 18.2 Å². The van der Waals surface area contributed by atoms with Crippen LogP contribution in [0.15, 0.2) is 18.2 Å². The minimum Gasteiger partial charge on any atom is -0.319 e. The molecule has 0 amide bonds. The largest absolute Gasteiger partial charge is 0.319 e. The highest BCUT2D eigenvalue weighted by Gasteiger charge is 2.29. The summed E-state index contributed by atoms with van der Waals surface area (Å²) in [6.07, 6.45) is 1.08. The van der Waals surface area contributed by atoms with Gasteiger partial charge in [-0.05, 0) is 51.5 Å². The van der Waals surface area contributed by atoms with Gasteiger partial charge in [-0.25, -0.2) is 8.78 Å². The molecule has 2 rings (SSSR count). The van der Waals surface area contributed by atoms with E-state index in [1.54, 1.807) is 0 Å². The van der Waals surface area contributed by atoms with E-state index in [0.717, 1.165) is 26.1 Å². The molecule has 1 heterocycles. The molecule has 0 bridgehead atoms. The first kappa shape index (κ1) is 16.3. The summed E-state index contributed by atoms with van der Waals surface area (Å²) in [6.45, 7) is 4.64. The summed E-state index contributed by atoms with van der Waals surface area (Å²) >= 11 is 0. The molecule has 1 aliphatic heterocycles. The van der Waals surface area contributed by atoms with Gasteiger partial charge in [-0.1, -0.05) is 6.07 Å². The summed E-state index contributed by atoms with van der Waals surface area (Å²) in [4.78, 5) is 2.16. The summed E-state index contributed by atoms with van der Waals surface area (Å²) in [5.41, 5.74) is 0.197. The van der Waals surface area contributed by atoms with Crippen LogP contribution in [-0.2, 0) is 0 Å². The first-order chi connectivity index (χ1) is 8.63. The number of halogens is 3. The smallest absolute Gasteiger partial charge is 0.130 e. The summed E-state index contributed by atoms with van der Waals surface area (Å²) < 4.78 is 27.4. The van der Waals surface area contributed by atoms with Crippen LogP contribution in [0.4, 0.5) is 8.78 Å². The second-order valence-corrected chi connectivity index (χ2v) is 5.02. The molecule has 2 nitrogen and oxygen atoms in total. The molecule has 1 saturated heterocycles. The Balaban J connectivity index is 0.00000180. The maximum Gasteiger partial charge on any atom is 0.130 e. The van der Waals surface area contributed by atoms with Crippen molar-refractivity contribution in [1.82, 2.24) is 10.2 Å². The molecule has 0 radical (unpaired) electrons. The topological polar surface area (TPSA) is 15.3 Å². The van der Waals surface area contributed by atoms with E-state index in [0.29, 0.717) is 5.92 Å². The molecular formula is C14H21ClF2N2. The fourth-order valence-electron chi connectivity index (χ4n) is 2.76. The van der Waals surface area contributed by atoms with Crippen molar-refractivity contribution in [3.05, 3.63) is 35.4 Å². The third-order valence-corrected chi connectivity index (χ3v) is 3.78. The van der Waals surface area contributed by atoms with Gasteiger partial charge in [0.1, 0.15) is 11.6 Å². The third-order valence-electron chi connectivity index (χ3n) is 3.78. The molecule has 2 unspecified atom stereocenters. The van der Waals surface area contributed by atoms with Crippen molar-refractivity contribution in [3.63, 3.8) is 0 Å². The molecule has 0 saturated carbocycles. The van der Waals surface area contributed by atoms with E-state index in [1.165, 1.54) is 18.2 Å². The van der Waals surface area contributed by atoms with Gasteiger partial charge in [0.2, 0.25) is 0 Å². The first-order valence-electron chi connectivity index (χ1n) is 6.46. The van der Waals surface area contributed by atoms with Crippen LogP contribution in [0.3, 0.4) is 0 Å². The zero-order chi connectivity index (χ0) is 13.1. The van der Waals surface area contributed by atoms with Gasteiger partial charge in [0.15, 0.2) is 0 Å². The minimum absolute atomic E-state index is 0. The van der Waals surface area contributed by atoms with Gasteiger partial charge in [0.25, 0.3) is 0 Å². The van der Waals surface area contributed by atoms with Crippen molar-refractivity contribution in [2.24, 2.45) is 5.92 Å². The van der Waals surface area contributed by atoms with Gasteiger partial charge in [-0.15, -0.1) is 12.4 Å². The average Bonchev–Trinajstić information content (AvgIpc) is 2.78. The monoisotopic (exact) mass is 290 g/mol. The Bertz CT molecular complexity index is 394. The quantitative estimate of drug-likeness (QED) is 0.917. The van der Waals surface area contributed by atoms with Gasteiger partial charge in [-0.2, -0.15) is 0 Å². The number of likely N-dealkylation sites (tertiary alicyclic amines) is 1. The molecule has 0 spiro atoms. The third kappa shape index (κ3) is 3.65. The van der Waals surface area contributed by atoms with Crippen LogP contribution in [0, 0.1) is 17.6 Å². The van der Waals surface area contributed by atoms with Crippen molar-refractivity contribution in [3.8, 4) is 0 Å². The van der Waals surface area contributed by atoms with Gasteiger partial charge in [0.05, 0.1) is 0 Å². The number of nitrogens with zero attached hydrogens (tertiary/aromatic N) is 1. The Kier molecular flexibility index (Phi) is 6.17. The lowest BCUT2D eigenvalue weighted by molar-refractivity contribution is 0.241. The molecule has 0 aliphatic carbocycles. The molecule has 5 heteroatoms. The zero-order valence-corrected chi connectivity index (χ0v) is 12.1. The lowest BCUT2D eigenvalue weighted by atomic mass is 10.1. The fraction of sp³-hybridized carbons (Fsp3) is 0.571. The fourth-order valence-corrected chi connectivity index (χ4v) is 2.76. The number of hydrogen-bond donors (Lipinski definition) is 1. The molecule has 108 valence electrons. The van der Waals surface area contributed by atoms with Gasteiger partial charge < -0.3 is 5.32 Å². The number of benzene rings is 1. The summed E-state index contributed by atoms with van der Waals surface area (Å²) in [5.74, 6) is -0.314. The maximum atomic E-state index is 13.7. The summed E-state index contributed by atoms with van der Waals surface area (Å²) in [6, 6.07) is 3.87. The van der Waals surface area contributed by atoms with Crippen LogP contribution in [0.1, 0.15) is 24.9 Å². The van der Waals surface area contributed by atoms with Crippen molar-refractivity contribution >= 4 is 12.4 Å². The van der Waals surface area contributed by atoms with Crippen molar-refractivity contribution in [2.45, 2.75) is 19.4 Å². The zero-order valence-electron chi connectivity index (χ0n) is 11.3. The van der Waals surface area contributed by atoms with E-state index < -0.39 is 11.6 Å². The van der Waals surface area contributed by atoms with Crippen molar-refractivity contribution < 1.29 is 8.78 Å². The molecule has 1 aromatic rings. The number of nitrogens with one attached hydrogen (secondary N) is 1. The highest BCUT2D eigenvalue weighted by molar-refractivity contribution is 5.85. The number of rotatable bonds is 4. The van der Waals surface area contributed by atoms with E-state index in [4.69, 9.17) is 0 Å². The van der Waals surface area contributed by atoms with Gasteiger partial charge in [-0.3, -0.25) is 4.90 Å². The van der Waals surface area contributed by atoms with E-state index in [2.05, 4.69) is 10.2 Å². The second-order valence-electron chi connectivity index (χ2n) is 5.02. The van der Waals surface area contributed by atoms with Crippen LogP contribution in [-0.4, -0.2) is 31.6 Å². The van der Waals surface area contributed by atoms with E-state index in [1.807, 2.05) is 14.0 Å². The first-order valence-corrected chi connectivity index (χ1v) is 6.46. The normalized spacial score (nSPS) is 21.2. The highest BCUT2D eigenvalue weighted by Crippen LogP contribution is 2.30. The SMILES string of the molecule is CNCC1CCN(C(C)c2c(F)cccc2F)C1.Cl. The maximum absolute atomic E-state index is 13.7. The molecular weight excluding hydrogens is 270 g/mol. The number of hydrogen-bond acceptors (Lipinski definition) is 2. The van der Waals surface area contributed by atoms with Crippen LogP contribution >= 0.6 is 12.4 Å². The molecule has 1 aliphatic rings. The predicted molar refractivity (Wildman–Crippen MR) is 75.6 cm³/mol. The van der Waals surface area contributed by atoms with Crippen LogP contribution in [0.5, 0.6) is 0 Å². The Morgan fingerprint density at radius 3 is 2.58 bits per heavy atom. The van der Waals surface area contributed by atoms with Crippen molar-refractivity contribution in [2.75, 3.05) is 26.7 Å². The average molecular weight is 291 g/mol. The van der Waals surface area contributed by atoms with E-state index in [9.17, 15) is 8.78 Å². The standard InChI is InChI=1S/C14H20F2N2.ClH/c1-10(14-12(15)4-3-5-13(14)16)18-7-6-11(9-18)8-17-2;/h3-5,10-11,17H,6-9H2,1-2H3;1H. The highest BCUT2D eigenvalue weighted by atomic mass is 35.5. The molecule has 1 N–H and O–H groups in total. The van der Waals surface area contributed by atoms with Crippen LogP contribution < -0.4 is 5.32 Å². The van der Waals surface area contributed by atoms with Gasteiger partial charge >= 0.3 is 0 Å². The molecule has 19 heavy (non-hydrogen) atoms. The van der Waals surface area contributed by atoms with E-state index >= 15 is 0 Å². The van der Waals surface area contributed by atoms with E-state index in [-0.39, 0.29) is 24.0 Å².